The molecular weight excluding hydrogens is 388 g/mol. The predicted octanol–water partition coefficient (Wildman–Crippen LogP) is 5.19. The van der Waals surface area contributed by atoms with Crippen LogP contribution in [0.3, 0.4) is 0 Å². The van der Waals surface area contributed by atoms with E-state index in [2.05, 4.69) is 34.8 Å². The molecule has 1 amide bonds. The number of nitrogens with zero attached hydrogens (tertiary/aromatic N) is 1. The number of hydrazone groups is 1. The Kier molecular flexibility index (Phi) is 6.24. The highest BCUT2D eigenvalue weighted by Crippen LogP contribution is 2.29. The van der Waals surface area contributed by atoms with Crippen molar-refractivity contribution in [2.24, 2.45) is 5.10 Å². The van der Waals surface area contributed by atoms with E-state index in [1.807, 2.05) is 42.5 Å². The quantitative estimate of drug-likeness (QED) is 0.337. The van der Waals surface area contributed by atoms with Crippen molar-refractivity contribution in [3.8, 4) is 11.5 Å². The van der Waals surface area contributed by atoms with Gasteiger partial charge < -0.3 is 9.47 Å². The highest BCUT2D eigenvalue weighted by molar-refractivity contribution is 5.94. The molecule has 31 heavy (non-hydrogen) atoms. The summed E-state index contributed by atoms with van der Waals surface area (Å²) in [5.41, 5.74) is 4.96. The summed E-state index contributed by atoms with van der Waals surface area (Å²) in [5.74, 6) is 0.971. The van der Waals surface area contributed by atoms with E-state index in [0.717, 1.165) is 11.1 Å². The van der Waals surface area contributed by atoms with Crippen LogP contribution in [0.5, 0.6) is 11.5 Å². The summed E-state index contributed by atoms with van der Waals surface area (Å²) in [7, 11) is 1.60. The number of ether oxygens (including phenoxy) is 2. The van der Waals surface area contributed by atoms with Gasteiger partial charge in [-0.05, 0) is 52.2 Å². The van der Waals surface area contributed by atoms with Gasteiger partial charge in [-0.1, -0.05) is 60.7 Å². The van der Waals surface area contributed by atoms with Gasteiger partial charge in [-0.2, -0.15) is 5.10 Å². The van der Waals surface area contributed by atoms with E-state index in [0.29, 0.717) is 23.7 Å². The van der Waals surface area contributed by atoms with Crippen LogP contribution in [0.4, 0.5) is 0 Å². The monoisotopic (exact) mass is 410 g/mol. The largest absolute Gasteiger partial charge is 0.493 e. The maximum absolute atomic E-state index is 12.1. The Hall–Kier alpha value is -4.12. The summed E-state index contributed by atoms with van der Waals surface area (Å²) in [6, 6.07) is 28.9. The molecule has 0 aromatic heterocycles. The lowest BCUT2D eigenvalue weighted by Gasteiger charge is -2.12. The number of carbonyl (C=O) groups excluding carboxylic acids is 1. The maximum Gasteiger partial charge on any atom is 0.271 e. The minimum Gasteiger partial charge on any atom is -0.493 e. The summed E-state index contributed by atoms with van der Waals surface area (Å²) in [5, 5.41) is 6.38. The molecule has 0 saturated heterocycles. The molecule has 1 N–H and O–H groups in total. The molecule has 4 rings (SSSR count). The van der Waals surface area contributed by atoms with Gasteiger partial charge in [0.2, 0.25) is 0 Å². The van der Waals surface area contributed by atoms with Gasteiger partial charge in [-0.25, -0.2) is 5.43 Å². The Balaban J connectivity index is 1.43. The van der Waals surface area contributed by atoms with Crippen LogP contribution in [-0.4, -0.2) is 19.2 Å². The average Bonchev–Trinajstić information content (AvgIpc) is 2.83. The second-order valence-electron chi connectivity index (χ2n) is 6.90. The first-order chi connectivity index (χ1) is 15.2. The average molecular weight is 410 g/mol. The lowest BCUT2D eigenvalue weighted by atomic mass is 10.1. The van der Waals surface area contributed by atoms with Crippen molar-refractivity contribution in [2.75, 3.05) is 7.11 Å². The molecule has 0 fully saturated rings. The third kappa shape index (κ3) is 4.90. The van der Waals surface area contributed by atoms with E-state index in [9.17, 15) is 4.79 Å². The molecule has 0 heterocycles. The van der Waals surface area contributed by atoms with Crippen molar-refractivity contribution in [1.29, 1.82) is 0 Å². The third-order valence-corrected chi connectivity index (χ3v) is 4.87. The molecule has 0 aliphatic rings. The minimum absolute atomic E-state index is 0.265. The Morgan fingerprint density at radius 3 is 2.52 bits per heavy atom. The fourth-order valence-electron chi connectivity index (χ4n) is 3.28. The maximum atomic E-state index is 12.1. The smallest absolute Gasteiger partial charge is 0.271 e. The van der Waals surface area contributed by atoms with Crippen LogP contribution in [0.1, 0.15) is 21.5 Å². The molecule has 0 spiro atoms. The lowest BCUT2D eigenvalue weighted by Crippen LogP contribution is -2.17. The Morgan fingerprint density at radius 2 is 1.68 bits per heavy atom. The number of rotatable bonds is 7. The van der Waals surface area contributed by atoms with Crippen LogP contribution in [0, 0.1) is 0 Å². The van der Waals surface area contributed by atoms with Crippen molar-refractivity contribution in [2.45, 2.75) is 6.61 Å². The van der Waals surface area contributed by atoms with Gasteiger partial charge in [-0.3, -0.25) is 4.79 Å². The van der Waals surface area contributed by atoms with Crippen LogP contribution >= 0.6 is 0 Å². The van der Waals surface area contributed by atoms with Crippen molar-refractivity contribution < 1.29 is 14.3 Å². The summed E-state index contributed by atoms with van der Waals surface area (Å²) in [6.07, 6.45) is 1.57. The van der Waals surface area contributed by atoms with Crippen molar-refractivity contribution in [3.05, 3.63) is 108 Å². The molecule has 4 aromatic rings. The second kappa shape index (κ2) is 9.59. The number of fused-ring (bicyclic) bond motifs is 1. The van der Waals surface area contributed by atoms with Crippen LogP contribution < -0.4 is 14.9 Å². The van der Waals surface area contributed by atoms with E-state index in [1.165, 1.54) is 10.8 Å². The molecular formula is C26H22N2O3. The molecule has 0 atom stereocenters. The van der Waals surface area contributed by atoms with Gasteiger partial charge in [0.05, 0.1) is 13.3 Å². The van der Waals surface area contributed by atoms with Crippen LogP contribution in [-0.2, 0) is 6.61 Å². The van der Waals surface area contributed by atoms with Crippen molar-refractivity contribution in [1.82, 2.24) is 5.43 Å². The van der Waals surface area contributed by atoms with Gasteiger partial charge in [-0.15, -0.1) is 0 Å². The normalized spacial score (nSPS) is 10.9. The van der Waals surface area contributed by atoms with Gasteiger partial charge in [0.1, 0.15) is 6.61 Å². The molecule has 0 aliphatic heterocycles. The number of nitrogens with one attached hydrogen (secondary N) is 1. The first-order valence-electron chi connectivity index (χ1n) is 9.90. The summed E-state index contributed by atoms with van der Waals surface area (Å²) >= 11 is 0. The van der Waals surface area contributed by atoms with Crippen LogP contribution in [0.2, 0.25) is 0 Å². The first-order valence-corrected chi connectivity index (χ1v) is 9.90. The summed E-state index contributed by atoms with van der Waals surface area (Å²) in [6.45, 7) is 0.429. The Bertz CT molecular complexity index is 1210. The Labute approximate surface area is 180 Å². The van der Waals surface area contributed by atoms with Gasteiger partial charge in [0.25, 0.3) is 5.91 Å². The number of amides is 1. The van der Waals surface area contributed by atoms with Crippen molar-refractivity contribution >= 4 is 22.9 Å². The van der Waals surface area contributed by atoms with E-state index in [4.69, 9.17) is 9.47 Å². The highest BCUT2D eigenvalue weighted by atomic mass is 16.5. The fourth-order valence-corrected chi connectivity index (χ4v) is 3.28. The Morgan fingerprint density at radius 1 is 0.903 bits per heavy atom. The van der Waals surface area contributed by atoms with Crippen LogP contribution in [0.25, 0.3) is 10.8 Å². The van der Waals surface area contributed by atoms with Crippen LogP contribution in [0.15, 0.2) is 96.1 Å². The molecule has 0 saturated carbocycles. The molecule has 0 unspecified atom stereocenters. The third-order valence-electron chi connectivity index (χ3n) is 4.87. The predicted molar refractivity (Wildman–Crippen MR) is 123 cm³/mol. The zero-order chi connectivity index (χ0) is 21.5. The van der Waals surface area contributed by atoms with E-state index in [-0.39, 0.29) is 5.91 Å². The molecule has 5 nitrogen and oxygen atoms in total. The van der Waals surface area contributed by atoms with E-state index >= 15 is 0 Å². The standard InChI is InChI=1S/C26H22N2O3/c1-30-25-16-19(17-27-28-26(29)21-9-3-2-4-10-21)14-15-24(25)31-18-22-12-7-11-20-8-5-6-13-23(20)22/h2-17H,18H2,1H3,(H,28,29). The fraction of sp³-hybridized carbons (Fsp3) is 0.0769. The molecule has 0 aliphatic carbocycles. The van der Waals surface area contributed by atoms with Gasteiger partial charge in [0, 0.05) is 5.56 Å². The minimum atomic E-state index is -0.265. The molecule has 0 bridgehead atoms. The van der Waals surface area contributed by atoms with Crippen molar-refractivity contribution in [3.63, 3.8) is 0 Å². The topological polar surface area (TPSA) is 59.9 Å². The number of hydrogen-bond acceptors (Lipinski definition) is 4. The zero-order valence-electron chi connectivity index (χ0n) is 17.1. The summed E-state index contributed by atoms with van der Waals surface area (Å²) < 4.78 is 11.5. The number of benzene rings is 4. The first kappa shape index (κ1) is 20.2. The molecule has 5 heteroatoms. The van der Waals surface area contributed by atoms with E-state index < -0.39 is 0 Å². The van der Waals surface area contributed by atoms with Gasteiger partial charge in [0.15, 0.2) is 11.5 Å². The zero-order valence-corrected chi connectivity index (χ0v) is 17.1. The second-order valence-corrected chi connectivity index (χ2v) is 6.90. The molecule has 0 radical (unpaired) electrons. The molecule has 4 aromatic carbocycles. The number of carbonyl (C=O) groups is 1. The highest BCUT2D eigenvalue weighted by Gasteiger charge is 2.08. The molecule has 154 valence electrons. The number of methoxy groups -OCH3 is 1. The lowest BCUT2D eigenvalue weighted by molar-refractivity contribution is 0.0955. The van der Waals surface area contributed by atoms with Gasteiger partial charge >= 0.3 is 0 Å². The summed E-state index contributed by atoms with van der Waals surface area (Å²) in [4.78, 5) is 12.1. The SMILES string of the molecule is COc1cc(C=NNC(=O)c2ccccc2)ccc1OCc1cccc2ccccc12. The number of hydrogen-bond donors (Lipinski definition) is 1. The van der Waals surface area contributed by atoms with E-state index in [1.54, 1.807) is 37.6 Å².